The lowest BCUT2D eigenvalue weighted by atomic mass is 10.2. The Labute approximate surface area is 113 Å². The van der Waals surface area contributed by atoms with Crippen LogP contribution in [0.2, 0.25) is 5.02 Å². The first-order valence-electron chi connectivity index (χ1n) is 5.05. The maximum atomic E-state index is 11.3. The maximum Gasteiger partial charge on any atom is 0.249 e. The van der Waals surface area contributed by atoms with Gasteiger partial charge in [0.25, 0.3) is 0 Å². The number of anilines is 1. The molecule has 1 aromatic heterocycles. The van der Waals surface area contributed by atoms with Crippen LogP contribution >= 0.6 is 23.4 Å². The third kappa shape index (κ3) is 2.94. The Balaban J connectivity index is 2.35. The lowest BCUT2D eigenvalue weighted by Gasteiger charge is -2.07. The number of carbonyl (C=O) groups is 1. The van der Waals surface area contributed by atoms with E-state index in [2.05, 4.69) is 4.98 Å². The fraction of sp³-hybridized carbons (Fsp3) is 0. The Bertz CT molecular complexity index is 586. The number of nitrogen functional groups attached to an aromatic ring is 1. The van der Waals surface area contributed by atoms with Crippen molar-refractivity contribution in [3.8, 4) is 0 Å². The van der Waals surface area contributed by atoms with Crippen molar-refractivity contribution in [2.75, 3.05) is 5.73 Å². The van der Waals surface area contributed by atoms with Crippen LogP contribution in [0.3, 0.4) is 0 Å². The van der Waals surface area contributed by atoms with Crippen molar-refractivity contribution in [2.24, 2.45) is 5.73 Å². The third-order valence-electron chi connectivity index (χ3n) is 2.19. The smallest absolute Gasteiger partial charge is 0.249 e. The van der Waals surface area contributed by atoms with Gasteiger partial charge in [-0.25, -0.2) is 4.98 Å². The Morgan fingerprint density at radius 2 is 2.06 bits per heavy atom. The summed E-state index contributed by atoms with van der Waals surface area (Å²) in [5.41, 5.74) is 12.0. The van der Waals surface area contributed by atoms with Crippen molar-refractivity contribution in [1.29, 1.82) is 0 Å². The average molecular weight is 280 g/mol. The minimum absolute atomic E-state index is 0.422. The molecular formula is C12H10ClN3OS. The van der Waals surface area contributed by atoms with Crippen molar-refractivity contribution in [2.45, 2.75) is 9.92 Å². The van der Waals surface area contributed by atoms with Gasteiger partial charge in [0.15, 0.2) is 0 Å². The first-order chi connectivity index (χ1) is 8.56. The summed E-state index contributed by atoms with van der Waals surface area (Å²) in [6, 6.07) is 8.44. The average Bonchev–Trinajstić information content (AvgIpc) is 2.32. The Morgan fingerprint density at radius 1 is 1.28 bits per heavy atom. The number of pyridine rings is 1. The number of carbonyl (C=O) groups excluding carboxylic acids is 1. The van der Waals surface area contributed by atoms with E-state index in [4.69, 9.17) is 23.1 Å². The van der Waals surface area contributed by atoms with Crippen LogP contribution in [0.25, 0.3) is 0 Å². The maximum absolute atomic E-state index is 11.3. The highest BCUT2D eigenvalue weighted by atomic mass is 35.5. The monoisotopic (exact) mass is 279 g/mol. The number of rotatable bonds is 3. The summed E-state index contributed by atoms with van der Waals surface area (Å²) in [7, 11) is 0. The van der Waals surface area contributed by atoms with Crippen LogP contribution in [0.1, 0.15) is 10.4 Å². The Morgan fingerprint density at radius 3 is 2.67 bits per heavy atom. The fourth-order valence-corrected chi connectivity index (χ4v) is 2.41. The Hall–Kier alpha value is -1.72. The third-order valence-corrected chi connectivity index (χ3v) is 3.42. The van der Waals surface area contributed by atoms with E-state index in [0.717, 1.165) is 0 Å². The molecule has 0 radical (unpaired) electrons. The molecule has 0 atom stereocenters. The van der Waals surface area contributed by atoms with Crippen LogP contribution in [0.15, 0.2) is 46.5 Å². The molecule has 4 N–H and O–H groups in total. The number of amides is 1. The second kappa shape index (κ2) is 5.29. The standard InChI is InChI=1S/C12H10ClN3OS/c13-7-1-4-11(16-6-7)18-10-5-8(14)2-3-9(10)12(15)17/h1-6H,14H2,(H2,15,17). The van der Waals surface area contributed by atoms with Gasteiger partial charge in [0.2, 0.25) is 5.91 Å². The van der Waals surface area contributed by atoms with Gasteiger partial charge in [0.05, 0.1) is 10.6 Å². The van der Waals surface area contributed by atoms with Crippen LogP contribution in [-0.2, 0) is 0 Å². The minimum atomic E-state index is -0.494. The van der Waals surface area contributed by atoms with E-state index < -0.39 is 5.91 Å². The predicted octanol–water partition coefficient (Wildman–Crippen LogP) is 2.57. The van der Waals surface area contributed by atoms with Crippen LogP contribution in [-0.4, -0.2) is 10.9 Å². The van der Waals surface area contributed by atoms with E-state index >= 15 is 0 Å². The number of nitrogens with zero attached hydrogens (tertiary/aromatic N) is 1. The van der Waals surface area contributed by atoms with Crippen LogP contribution in [0.5, 0.6) is 0 Å². The molecule has 92 valence electrons. The molecule has 0 fully saturated rings. The summed E-state index contributed by atoms with van der Waals surface area (Å²) in [6.07, 6.45) is 1.54. The van der Waals surface area contributed by atoms with E-state index in [1.54, 1.807) is 36.5 Å². The van der Waals surface area contributed by atoms with Gasteiger partial charge >= 0.3 is 0 Å². The van der Waals surface area contributed by atoms with Gasteiger partial charge in [-0.3, -0.25) is 4.79 Å². The molecular weight excluding hydrogens is 270 g/mol. The number of aromatic nitrogens is 1. The molecule has 1 amide bonds. The minimum Gasteiger partial charge on any atom is -0.399 e. The summed E-state index contributed by atoms with van der Waals surface area (Å²) in [5.74, 6) is -0.494. The van der Waals surface area contributed by atoms with Crippen molar-refractivity contribution in [3.63, 3.8) is 0 Å². The van der Waals surface area contributed by atoms with Gasteiger partial charge in [-0.15, -0.1) is 0 Å². The van der Waals surface area contributed by atoms with E-state index in [1.807, 2.05) is 0 Å². The van der Waals surface area contributed by atoms with Crippen LogP contribution in [0, 0.1) is 0 Å². The van der Waals surface area contributed by atoms with Gasteiger partial charge in [0, 0.05) is 16.8 Å². The van der Waals surface area contributed by atoms with Gasteiger partial charge < -0.3 is 11.5 Å². The molecule has 4 nitrogen and oxygen atoms in total. The van der Waals surface area contributed by atoms with Crippen molar-refractivity contribution >= 4 is 35.0 Å². The van der Waals surface area contributed by atoms with E-state index in [1.165, 1.54) is 11.8 Å². The summed E-state index contributed by atoms with van der Waals surface area (Å²) >= 11 is 7.07. The highest BCUT2D eigenvalue weighted by molar-refractivity contribution is 7.99. The lowest BCUT2D eigenvalue weighted by molar-refractivity contribution is 0.0997. The van der Waals surface area contributed by atoms with Crippen molar-refractivity contribution in [1.82, 2.24) is 4.98 Å². The molecule has 0 saturated heterocycles. The second-order valence-electron chi connectivity index (χ2n) is 3.54. The number of hydrogen-bond donors (Lipinski definition) is 2. The number of nitrogens with two attached hydrogens (primary N) is 2. The number of hydrogen-bond acceptors (Lipinski definition) is 4. The van der Waals surface area contributed by atoms with Crippen LogP contribution < -0.4 is 11.5 Å². The molecule has 0 spiro atoms. The number of benzene rings is 1. The van der Waals surface area contributed by atoms with Gasteiger partial charge in [-0.1, -0.05) is 23.4 Å². The summed E-state index contributed by atoms with van der Waals surface area (Å²) in [4.78, 5) is 16.1. The largest absolute Gasteiger partial charge is 0.399 e. The molecule has 2 rings (SSSR count). The zero-order valence-electron chi connectivity index (χ0n) is 9.26. The summed E-state index contributed by atoms with van der Waals surface area (Å²) in [5, 5.41) is 1.27. The zero-order valence-corrected chi connectivity index (χ0v) is 10.8. The molecule has 0 bridgehead atoms. The molecule has 2 aromatic rings. The molecule has 0 aliphatic carbocycles. The summed E-state index contributed by atoms with van der Waals surface area (Å²) < 4.78 is 0. The number of halogens is 1. The molecule has 0 saturated carbocycles. The normalized spacial score (nSPS) is 10.3. The highest BCUT2D eigenvalue weighted by Crippen LogP contribution is 2.30. The highest BCUT2D eigenvalue weighted by Gasteiger charge is 2.10. The van der Waals surface area contributed by atoms with E-state index in [-0.39, 0.29) is 0 Å². The Kier molecular flexibility index (Phi) is 3.74. The molecule has 0 aliphatic rings. The molecule has 6 heteroatoms. The quantitative estimate of drug-likeness (QED) is 0.846. The molecule has 0 aliphatic heterocycles. The topological polar surface area (TPSA) is 82.0 Å². The van der Waals surface area contributed by atoms with Crippen molar-refractivity contribution in [3.05, 3.63) is 47.1 Å². The predicted molar refractivity (Wildman–Crippen MR) is 72.7 cm³/mol. The van der Waals surface area contributed by atoms with Crippen LogP contribution in [0.4, 0.5) is 5.69 Å². The fourth-order valence-electron chi connectivity index (χ4n) is 1.36. The second-order valence-corrected chi connectivity index (χ2v) is 5.04. The molecule has 1 aromatic carbocycles. The van der Waals surface area contributed by atoms with Gasteiger partial charge in [0.1, 0.15) is 5.03 Å². The van der Waals surface area contributed by atoms with E-state index in [9.17, 15) is 4.79 Å². The van der Waals surface area contributed by atoms with Gasteiger partial charge in [-0.2, -0.15) is 0 Å². The summed E-state index contributed by atoms with van der Waals surface area (Å²) in [6.45, 7) is 0. The lowest BCUT2D eigenvalue weighted by Crippen LogP contribution is -2.12. The zero-order chi connectivity index (χ0) is 13.1. The molecule has 18 heavy (non-hydrogen) atoms. The number of primary amides is 1. The van der Waals surface area contributed by atoms with Gasteiger partial charge in [-0.05, 0) is 30.3 Å². The molecule has 0 unspecified atom stereocenters. The van der Waals surface area contributed by atoms with Crippen molar-refractivity contribution < 1.29 is 4.79 Å². The first kappa shape index (κ1) is 12.7. The molecule has 1 heterocycles. The van der Waals surface area contributed by atoms with E-state index in [0.29, 0.717) is 26.2 Å². The SMILES string of the molecule is NC(=O)c1ccc(N)cc1Sc1ccc(Cl)cn1. The first-order valence-corrected chi connectivity index (χ1v) is 6.24.